The molecule has 0 amide bonds. The Morgan fingerprint density at radius 3 is 0.429 bits per heavy atom. The van der Waals surface area contributed by atoms with Gasteiger partial charge in [-0.05, 0) is 0 Å². The first-order valence-corrected chi connectivity index (χ1v) is 10.2. The zero-order valence-corrected chi connectivity index (χ0v) is 26.1. The van der Waals surface area contributed by atoms with Crippen molar-refractivity contribution in [2.45, 2.75) is 119 Å². The molecule has 0 saturated carbocycles. The van der Waals surface area contributed by atoms with Gasteiger partial charge in [-0.3, -0.25) is 0 Å². The quantitative estimate of drug-likeness (QED) is 0.224. The van der Waals surface area contributed by atoms with Gasteiger partial charge in [-0.2, -0.15) is 38.5 Å². The van der Waals surface area contributed by atoms with Crippen LogP contribution in [0.15, 0.2) is 0 Å². The van der Waals surface area contributed by atoms with Crippen LogP contribution in [0.5, 0.6) is 0 Å². The van der Waals surface area contributed by atoms with Crippen molar-refractivity contribution >= 4 is 40.0 Å². The average Bonchev–Trinajstić information content (AvgIpc) is 2.68. The van der Waals surface area contributed by atoms with Gasteiger partial charge in [-0.15, -0.1) is 17.0 Å². The summed E-state index contributed by atoms with van der Waals surface area (Å²) in [6.07, 6.45) is 13.7. The Morgan fingerprint density at radius 2 is 0.429 bits per heavy atom. The molecule has 0 radical (unpaired) electrons. The fraction of sp³-hybridized carbons (Fsp3) is 0.750. The van der Waals surface area contributed by atoms with Crippen LogP contribution in [0.25, 0.3) is 0 Å². The molecule has 0 saturated heterocycles. The number of hydrogen-bond donors (Lipinski definition) is 0. The second-order valence-electron chi connectivity index (χ2n) is 5.12. The van der Waals surface area contributed by atoms with Gasteiger partial charge in [0.05, 0.1) is 0 Å². The van der Waals surface area contributed by atoms with Gasteiger partial charge in [-0.25, -0.2) is 0 Å². The molecule has 0 fully saturated rings. The number of halogens is 1. The first-order valence-electron chi connectivity index (χ1n) is 10.2. The van der Waals surface area contributed by atoms with E-state index in [0.717, 1.165) is 38.5 Å². The second kappa shape index (κ2) is 115. The molecule has 4 heteroatoms. The van der Waals surface area contributed by atoms with Gasteiger partial charge in [0.25, 0.3) is 0 Å². The smallest absolute Gasteiger partial charge is 1.00 e. The summed E-state index contributed by atoms with van der Waals surface area (Å²) in [5.41, 5.74) is 0. The van der Waals surface area contributed by atoms with Gasteiger partial charge >= 0.3 is 57.2 Å². The molecule has 176 valence electrons. The fourth-order valence-corrected chi connectivity index (χ4v) is 0. The molecule has 0 nitrogen and oxygen atoms in total. The van der Waals surface area contributed by atoms with Gasteiger partial charge in [-0.1, -0.05) is 80.1 Å². The van der Waals surface area contributed by atoms with E-state index in [1.807, 2.05) is 0 Å². The Labute approximate surface area is 235 Å². The minimum atomic E-state index is 0. The Balaban J connectivity index is -0.0000000125. The number of hydrogen-bond acceptors (Lipinski definition) is 0. The van der Waals surface area contributed by atoms with Crippen LogP contribution >= 0.6 is 17.0 Å². The predicted octanol–water partition coefficient (Wildman–Crippen LogP) is 10.1. The molecule has 0 spiro atoms. The third-order valence-corrected chi connectivity index (χ3v) is 2.12. The van der Waals surface area contributed by atoms with Crippen LogP contribution in [-0.4, -0.2) is 23.1 Å². The first-order chi connectivity index (χ1) is 11.5. The van der Waals surface area contributed by atoms with Crippen LogP contribution in [0, 0.1) is 41.5 Å². The maximum Gasteiger partial charge on any atom is 3.00 e. The Bertz CT molecular complexity index is 76.2. The molecule has 0 N–H and O–H groups in total. The van der Waals surface area contributed by atoms with E-state index >= 15 is 0 Å². The summed E-state index contributed by atoms with van der Waals surface area (Å²) in [6.45, 7) is 34.3. The van der Waals surface area contributed by atoms with Gasteiger partial charge in [0.1, 0.15) is 0 Å². The average molecular weight is 560 g/mol. The summed E-state index contributed by atoms with van der Waals surface area (Å²) >= 11 is 0. The number of unbranched alkanes of at least 4 members (excludes halogenated alkanes) is 6. The molecular weight excluding hydrogens is 502 g/mol. The zero-order chi connectivity index (χ0) is 20.5. The fourth-order valence-electron chi connectivity index (χ4n) is 0. The molecule has 0 bridgehead atoms. The van der Waals surface area contributed by atoms with E-state index in [0.29, 0.717) is 0 Å². The van der Waals surface area contributed by atoms with Crippen LogP contribution in [-0.2, 0) is 34.1 Å². The topological polar surface area (TPSA) is 0 Å². The molecular formula is C24H57BrMgMn2. The third kappa shape index (κ3) is 307. The minimum absolute atomic E-state index is 0. The van der Waals surface area contributed by atoms with E-state index in [1.165, 1.54) is 38.5 Å². The molecule has 0 unspecified atom stereocenters. The van der Waals surface area contributed by atoms with E-state index in [9.17, 15) is 0 Å². The maximum atomic E-state index is 3.60. The van der Waals surface area contributed by atoms with Crippen LogP contribution in [0.2, 0.25) is 0 Å². The van der Waals surface area contributed by atoms with Gasteiger partial charge in [0.2, 0.25) is 0 Å². The number of rotatable bonds is 6. The van der Waals surface area contributed by atoms with Crippen LogP contribution in [0.3, 0.4) is 0 Å². The summed E-state index contributed by atoms with van der Waals surface area (Å²) in [4.78, 5) is 0. The standard InChI is InChI=1S/6C4H9.BrH.Mg.2Mn.2H/c6*1-3-4-2;;;;;;/h6*1,3-4H2,2H3;1H;;;;;/q6*-1;;+2;2*+3;2*-1. The van der Waals surface area contributed by atoms with Crippen molar-refractivity contribution in [1.29, 1.82) is 0 Å². The van der Waals surface area contributed by atoms with Gasteiger partial charge in [0.15, 0.2) is 0 Å². The van der Waals surface area contributed by atoms with E-state index < -0.39 is 0 Å². The van der Waals surface area contributed by atoms with E-state index in [2.05, 4.69) is 83.1 Å². The van der Waals surface area contributed by atoms with Crippen LogP contribution in [0.1, 0.15) is 121 Å². The second-order valence-corrected chi connectivity index (χ2v) is 5.12. The third-order valence-electron chi connectivity index (χ3n) is 2.12. The molecule has 0 aliphatic carbocycles. The summed E-state index contributed by atoms with van der Waals surface area (Å²) in [6, 6.07) is 0. The Kier molecular flexibility index (Phi) is 259. The normalized spacial score (nSPS) is 6.43. The summed E-state index contributed by atoms with van der Waals surface area (Å²) in [7, 11) is 0. The Hall–Kier alpha value is 2.29. The Morgan fingerprint density at radius 1 is 0.393 bits per heavy atom. The van der Waals surface area contributed by atoms with Gasteiger partial charge < -0.3 is 44.4 Å². The summed E-state index contributed by atoms with van der Waals surface area (Å²) in [5.74, 6) is 0. The molecule has 28 heavy (non-hydrogen) atoms. The molecule has 0 heterocycles. The largest absolute Gasteiger partial charge is 3.00 e. The van der Waals surface area contributed by atoms with Crippen molar-refractivity contribution in [1.82, 2.24) is 0 Å². The van der Waals surface area contributed by atoms with E-state index in [-0.39, 0.29) is 77.0 Å². The maximum absolute atomic E-state index is 3.60. The predicted molar refractivity (Wildman–Crippen MR) is 140 cm³/mol. The van der Waals surface area contributed by atoms with Crippen molar-refractivity contribution in [3.05, 3.63) is 41.5 Å². The minimum Gasteiger partial charge on any atom is -1.00 e. The van der Waals surface area contributed by atoms with E-state index in [4.69, 9.17) is 0 Å². The monoisotopic (exact) mass is 558 g/mol. The van der Waals surface area contributed by atoms with Crippen molar-refractivity contribution in [3.8, 4) is 0 Å². The molecule has 0 aromatic rings. The molecule has 0 atom stereocenters. The van der Waals surface area contributed by atoms with Crippen LogP contribution < -0.4 is 0 Å². The van der Waals surface area contributed by atoms with Crippen LogP contribution in [0.4, 0.5) is 0 Å². The molecule has 0 aliphatic heterocycles. The van der Waals surface area contributed by atoms with Crippen molar-refractivity contribution in [2.75, 3.05) is 0 Å². The van der Waals surface area contributed by atoms with Crippen molar-refractivity contribution in [2.24, 2.45) is 0 Å². The summed E-state index contributed by atoms with van der Waals surface area (Å²) < 4.78 is 0. The molecule has 0 aromatic heterocycles. The SMILES string of the molecule is Br.[CH2-]CCC.[CH2-]CCC.[CH2-]CCC.[CH2-]CCC.[CH2-]CCC.[CH2-]CCC.[H-].[H-].[Mg+2].[Mn+3].[Mn+3]. The van der Waals surface area contributed by atoms with Crippen molar-refractivity contribution in [3.63, 3.8) is 0 Å². The molecule has 0 aromatic carbocycles. The zero-order valence-electron chi connectivity index (χ0n) is 22.6. The van der Waals surface area contributed by atoms with Gasteiger partial charge in [0, 0.05) is 0 Å². The van der Waals surface area contributed by atoms with Crippen molar-refractivity contribution < 1.29 is 37.0 Å². The first kappa shape index (κ1) is 63.1. The summed E-state index contributed by atoms with van der Waals surface area (Å²) in [5, 5.41) is 0. The molecule has 0 rings (SSSR count). The molecule has 0 aliphatic rings. The van der Waals surface area contributed by atoms with E-state index in [1.54, 1.807) is 0 Å².